The van der Waals surface area contributed by atoms with Gasteiger partial charge in [-0.2, -0.15) is 0 Å². The lowest BCUT2D eigenvalue weighted by Crippen LogP contribution is -2.21. The predicted molar refractivity (Wildman–Crippen MR) is 57.6 cm³/mol. The molecule has 1 amide bonds. The summed E-state index contributed by atoms with van der Waals surface area (Å²) >= 11 is 5.51. The van der Waals surface area contributed by atoms with Gasteiger partial charge in [0.05, 0.1) is 4.92 Å². The van der Waals surface area contributed by atoms with Gasteiger partial charge in [-0.1, -0.05) is 0 Å². The van der Waals surface area contributed by atoms with Gasteiger partial charge in [0.2, 0.25) is 5.91 Å². The first-order valence-corrected chi connectivity index (χ1v) is 5.03. The van der Waals surface area contributed by atoms with E-state index in [2.05, 4.69) is 4.74 Å². The third-order valence-electron chi connectivity index (χ3n) is 1.95. The molecule has 1 aromatic carbocycles. The zero-order valence-electron chi connectivity index (χ0n) is 8.98. The van der Waals surface area contributed by atoms with E-state index in [-0.39, 0.29) is 0 Å². The molecule has 0 saturated heterocycles. The number of rotatable bonds is 4. The minimum Gasteiger partial charge on any atom is -0.405 e. The Morgan fingerprint density at radius 2 is 2.05 bits per heavy atom. The second-order valence-corrected chi connectivity index (χ2v) is 3.73. The number of hydrogen-bond acceptors (Lipinski definition) is 4. The van der Waals surface area contributed by atoms with Gasteiger partial charge in [-0.15, -0.1) is 24.8 Å². The lowest BCUT2D eigenvalue weighted by Gasteiger charge is -2.14. The molecule has 1 unspecified atom stereocenters. The maximum Gasteiger partial charge on any atom is 0.573 e. The van der Waals surface area contributed by atoms with Crippen LogP contribution in [0.25, 0.3) is 0 Å². The molecule has 0 heterocycles. The van der Waals surface area contributed by atoms with Crippen molar-refractivity contribution in [2.24, 2.45) is 5.73 Å². The van der Waals surface area contributed by atoms with E-state index in [0.29, 0.717) is 12.1 Å². The smallest absolute Gasteiger partial charge is 0.405 e. The van der Waals surface area contributed by atoms with Crippen LogP contribution < -0.4 is 10.5 Å². The first-order chi connectivity index (χ1) is 8.61. The van der Waals surface area contributed by atoms with Crippen molar-refractivity contribution in [3.63, 3.8) is 0 Å². The second-order valence-electron chi connectivity index (χ2n) is 3.29. The maximum absolute atomic E-state index is 12.1. The van der Waals surface area contributed by atoms with Gasteiger partial charge in [0.15, 0.2) is 0 Å². The zero-order chi connectivity index (χ0) is 14.8. The van der Waals surface area contributed by atoms with E-state index in [1.165, 1.54) is 0 Å². The third kappa shape index (κ3) is 3.98. The molecule has 0 aliphatic heterocycles. The number of nitro groups is 1. The van der Waals surface area contributed by atoms with Gasteiger partial charge in [0.1, 0.15) is 11.1 Å². The lowest BCUT2D eigenvalue weighted by molar-refractivity contribution is -0.385. The highest BCUT2D eigenvalue weighted by atomic mass is 35.5. The number of nitrogens with two attached hydrogens (primary N) is 1. The monoisotopic (exact) mass is 298 g/mol. The van der Waals surface area contributed by atoms with E-state index >= 15 is 0 Å². The van der Waals surface area contributed by atoms with Crippen molar-refractivity contribution in [1.82, 2.24) is 0 Å². The Morgan fingerprint density at radius 3 is 2.47 bits per heavy atom. The number of nitro benzene ring substituents is 1. The largest absolute Gasteiger partial charge is 0.573 e. The molecule has 1 atom stereocenters. The highest BCUT2D eigenvalue weighted by Crippen LogP contribution is 2.35. The lowest BCUT2D eigenvalue weighted by atomic mass is 10.1. The van der Waals surface area contributed by atoms with Crippen LogP contribution in [0.15, 0.2) is 18.2 Å². The summed E-state index contributed by atoms with van der Waals surface area (Å²) in [6, 6.07) is 2.18. The minimum atomic E-state index is -5.03. The number of ether oxygens (including phenoxy) is 1. The van der Waals surface area contributed by atoms with Gasteiger partial charge >= 0.3 is 6.36 Å². The van der Waals surface area contributed by atoms with Crippen molar-refractivity contribution in [3.8, 4) is 5.75 Å². The molecular formula is C9H6ClF3N2O4. The molecule has 0 aliphatic rings. The summed E-state index contributed by atoms with van der Waals surface area (Å²) in [5, 5.41) is 8.84. The molecule has 10 heteroatoms. The van der Waals surface area contributed by atoms with Crippen LogP contribution in [0.1, 0.15) is 10.9 Å². The van der Waals surface area contributed by atoms with Gasteiger partial charge in [-0.3, -0.25) is 14.9 Å². The Balaban J connectivity index is 3.30. The number of hydrogen-bond donors (Lipinski definition) is 1. The molecule has 1 aromatic rings. The summed E-state index contributed by atoms with van der Waals surface area (Å²) in [4.78, 5) is 20.6. The van der Waals surface area contributed by atoms with E-state index in [9.17, 15) is 28.1 Å². The second kappa shape index (κ2) is 5.31. The van der Waals surface area contributed by atoms with Crippen molar-refractivity contribution in [2.45, 2.75) is 11.7 Å². The molecular weight excluding hydrogens is 293 g/mol. The Labute approximate surface area is 109 Å². The quantitative estimate of drug-likeness (QED) is 0.524. The first kappa shape index (κ1) is 15.0. The molecule has 0 aliphatic carbocycles. The van der Waals surface area contributed by atoms with Gasteiger partial charge in [-0.05, 0) is 6.07 Å². The van der Waals surface area contributed by atoms with E-state index in [4.69, 9.17) is 17.3 Å². The summed E-state index contributed by atoms with van der Waals surface area (Å²) in [7, 11) is 0. The van der Waals surface area contributed by atoms with Crippen LogP contribution in [-0.2, 0) is 4.79 Å². The number of carbonyl (C=O) groups excluding carboxylic acids is 1. The summed E-state index contributed by atoms with van der Waals surface area (Å²) < 4.78 is 40.0. The van der Waals surface area contributed by atoms with Crippen LogP contribution in [0.4, 0.5) is 18.9 Å². The summed E-state index contributed by atoms with van der Waals surface area (Å²) in [6.07, 6.45) is -5.03. The molecule has 1 rings (SSSR count). The first-order valence-electron chi connectivity index (χ1n) is 4.59. The standard InChI is InChI=1S/C9H6ClF3N2O4/c10-7(8(14)16)5-3-4(15(17)18)1-2-6(5)19-9(11,12)13/h1-3,7H,(H2,14,16). The molecule has 0 aromatic heterocycles. The number of carbonyl (C=O) groups is 1. The Morgan fingerprint density at radius 1 is 1.47 bits per heavy atom. The van der Waals surface area contributed by atoms with Crippen LogP contribution in [0.3, 0.4) is 0 Å². The normalized spacial score (nSPS) is 12.8. The predicted octanol–water partition coefficient (Wildman–Crippen LogP) is 2.26. The van der Waals surface area contributed by atoms with Gasteiger partial charge in [0, 0.05) is 17.7 Å². The molecule has 0 radical (unpaired) electrons. The van der Waals surface area contributed by atoms with E-state index < -0.39 is 39.6 Å². The molecule has 0 saturated carbocycles. The van der Waals surface area contributed by atoms with Crippen molar-refractivity contribution in [2.75, 3.05) is 0 Å². The van der Waals surface area contributed by atoms with Crippen molar-refractivity contribution in [1.29, 1.82) is 0 Å². The highest BCUT2D eigenvalue weighted by Gasteiger charge is 2.34. The fourth-order valence-corrected chi connectivity index (χ4v) is 1.39. The fraction of sp³-hybridized carbons (Fsp3) is 0.222. The number of amides is 1. The average Bonchev–Trinajstić information content (AvgIpc) is 2.26. The van der Waals surface area contributed by atoms with Crippen molar-refractivity contribution in [3.05, 3.63) is 33.9 Å². The maximum atomic E-state index is 12.1. The van der Waals surface area contributed by atoms with Crippen LogP contribution in [0, 0.1) is 10.1 Å². The third-order valence-corrected chi connectivity index (χ3v) is 2.40. The number of nitrogens with zero attached hydrogens (tertiary/aromatic N) is 1. The van der Waals surface area contributed by atoms with Gasteiger partial charge < -0.3 is 10.5 Å². The number of halogens is 4. The Bertz CT molecular complexity index is 521. The van der Waals surface area contributed by atoms with Crippen LogP contribution in [-0.4, -0.2) is 17.2 Å². The number of primary amides is 1. The molecule has 6 nitrogen and oxygen atoms in total. The van der Waals surface area contributed by atoms with E-state index in [1.54, 1.807) is 0 Å². The molecule has 19 heavy (non-hydrogen) atoms. The van der Waals surface area contributed by atoms with Crippen molar-refractivity contribution >= 4 is 23.2 Å². The molecule has 2 N–H and O–H groups in total. The van der Waals surface area contributed by atoms with E-state index in [1.807, 2.05) is 0 Å². The molecule has 0 bridgehead atoms. The topological polar surface area (TPSA) is 95.5 Å². The Hall–Kier alpha value is -2.03. The number of alkyl halides is 4. The molecule has 104 valence electrons. The summed E-state index contributed by atoms with van der Waals surface area (Å²) in [5.74, 6) is -1.98. The fourth-order valence-electron chi connectivity index (χ4n) is 1.22. The minimum absolute atomic E-state index is 0.527. The van der Waals surface area contributed by atoms with Gasteiger partial charge in [-0.25, -0.2) is 0 Å². The molecule has 0 spiro atoms. The zero-order valence-corrected chi connectivity index (χ0v) is 9.73. The van der Waals surface area contributed by atoms with Crippen molar-refractivity contribution < 1.29 is 27.6 Å². The summed E-state index contributed by atoms with van der Waals surface area (Å²) in [5.41, 5.74) is 3.78. The van der Waals surface area contributed by atoms with Crippen LogP contribution in [0.5, 0.6) is 5.75 Å². The van der Waals surface area contributed by atoms with Crippen LogP contribution in [0.2, 0.25) is 0 Å². The highest BCUT2D eigenvalue weighted by molar-refractivity contribution is 6.30. The number of benzene rings is 1. The van der Waals surface area contributed by atoms with Crippen LogP contribution >= 0.6 is 11.6 Å². The number of non-ortho nitro benzene ring substituents is 1. The SMILES string of the molecule is NC(=O)C(Cl)c1cc([N+](=O)[O-])ccc1OC(F)(F)F. The van der Waals surface area contributed by atoms with Gasteiger partial charge in [0.25, 0.3) is 5.69 Å². The molecule has 0 fully saturated rings. The van der Waals surface area contributed by atoms with E-state index in [0.717, 1.165) is 6.07 Å². The average molecular weight is 299 g/mol. The Kier molecular flexibility index (Phi) is 4.20. The summed E-state index contributed by atoms with van der Waals surface area (Å²) in [6.45, 7) is 0.